The van der Waals surface area contributed by atoms with Crippen LogP contribution in [0.2, 0.25) is 0 Å². The van der Waals surface area contributed by atoms with Crippen molar-refractivity contribution in [1.82, 2.24) is 4.31 Å². The summed E-state index contributed by atoms with van der Waals surface area (Å²) in [5, 5.41) is 1.76. The van der Waals surface area contributed by atoms with Gasteiger partial charge in [0, 0.05) is 25.7 Å². The molecule has 0 unspecified atom stereocenters. The first-order valence-electron chi connectivity index (χ1n) is 5.29. The molecule has 0 aliphatic heterocycles. The van der Waals surface area contributed by atoms with Gasteiger partial charge in [0.05, 0.1) is 12.5 Å². The van der Waals surface area contributed by atoms with Crippen molar-refractivity contribution in [2.75, 3.05) is 7.05 Å². The molecule has 0 aliphatic carbocycles. The van der Waals surface area contributed by atoms with Crippen molar-refractivity contribution in [3.05, 3.63) is 41.2 Å². The Morgan fingerprint density at radius 1 is 1.44 bits per heavy atom. The van der Waals surface area contributed by atoms with Crippen molar-refractivity contribution in [1.29, 1.82) is 0 Å². The molecule has 0 aromatic carbocycles. The number of hydrogen-bond donors (Lipinski definition) is 1. The average molecular weight is 286 g/mol. The van der Waals surface area contributed by atoms with Gasteiger partial charge in [0.15, 0.2) is 0 Å². The SMILES string of the molecule is CN(Cc1ccoc1)S(=O)(=O)c1cc(CN)cs1. The Bertz CT molecular complexity index is 602. The van der Waals surface area contributed by atoms with Crippen LogP contribution in [-0.2, 0) is 23.1 Å². The molecule has 0 amide bonds. The average Bonchev–Trinajstić information content (AvgIpc) is 2.99. The maximum Gasteiger partial charge on any atom is 0.252 e. The van der Waals surface area contributed by atoms with Gasteiger partial charge in [0.25, 0.3) is 10.0 Å². The molecule has 0 bridgehead atoms. The molecule has 5 nitrogen and oxygen atoms in total. The Labute approximate surface area is 110 Å². The number of sulfonamides is 1. The van der Waals surface area contributed by atoms with E-state index >= 15 is 0 Å². The fourth-order valence-electron chi connectivity index (χ4n) is 1.47. The lowest BCUT2D eigenvalue weighted by molar-refractivity contribution is 0.465. The molecule has 2 rings (SSSR count). The molecule has 0 fully saturated rings. The van der Waals surface area contributed by atoms with Crippen molar-refractivity contribution in [3.8, 4) is 0 Å². The summed E-state index contributed by atoms with van der Waals surface area (Å²) in [7, 11) is -1.90. The molecule has 0 radical (unpaired) electrons. The zero-order chi connectivity index (χ0) is 13.2. The molecule has 18 heavy (non-hydrogen) atoms. The molecule has 7 heteroatoms. The number of hydrogen-bond acceptors (Lipinski definition) is 5. The predicted molar refractivity (Wildman–Crippen MR) is 69.6 cm³/mol. The van der Waals surface area contributed by atoms with Crippen molar-refractivity contribution in [2.24, 2.45) is 5.73 Å². The summed E-state index contributed by atoms with van der Waals surface area (Å²) in [6, 6.07) is 3.36. The first kappa shape index (κ1) is 13.3. The molecule has 98 valence electrons. The molecule has 2 heterocycles. The molecular weight excluding hydrogens is 272 g/mol. The van der Waals surface area contributed by atoms with Gasteiger partial charge in [-0.05, 0) is 23.1 Å². The summed E-state index contributed by atoms with van der Waals surface area (Å²) < 4.78 is 31.0. The largest absolute Gasteiger partial charge is 0.472 e. The molecule has 2 aromatic heterocycles. The fourth-order valence-corrected chi connectivity index (χ4v) is 4.06. The minimum Gasteiger partial charge on any atom is -0.472 e. The van der Waals surface area contributed by atoms with E-state index < -0.39 is 10.0 Å². The van der Waals surface area contributed by atoms with Gasteiger partial charge in [-0.25, -0.2) is 8.42 Å². The highest BCUT2D eigenvalue weighted by Crippen LogP contribution is 2.24. The van der Waals surface area contributed by atoms with Gasteiger partial charge in [-0.1, -0.05) is 0 Å². The summed E-state index contributed by atoms with van der Waals surface area (Å²) in [5.41, 5.74) is 7.12. The highest BCUT2D eigenvalue weighted by molar-refractivity contribution is 7.91. The standard InChI is InChI=1S/C11H14N2O3S2/c1-13(6-9-2-3-16-7-9)18(14,15)11-4-10(5-12)8-17-11/h2-4,7-8H,5-6,12H2,1H3. The topological polar surface area (TPSA) is 76.5 Å². The number of furan rings is 1. The van der Waals surface area contributed by atoms with Gasteiger partial charge >= 0.3 is 0 Å². The highest BCUT2D eigenvalue weighted by atomic mass is 32.2. The van der Waals surface area contributed by atoms with Crippen LogP contribution in [0.4, 0.5) is 0 Å². The minimum absolute atomic E-state index is 0.286. The number of nitrogens with zero attached hydrogens (tertiary/aromatic N) is 1. The summed E-state index contributed by atoms with van der Waals surface area (Å²) in [5.74, 6) is 0. The van der Waals surface area contributed by atoms with E-state index in [4.69, 9.17) is 10.2 Å². The van der Waals surface area contributed by atoms with Crippen LogP contribution in [0.5, 0.6) is 0 Å². The Kier molecular flexibility index (Phi) is 3.86. The minimum atomic E-state index is -3.45. The quantitative estimate of drug-likeness (QED) is 0.906. The lowest BCUT2D eigenvalue weighted by Gasteiger charge is -2.14. The van der Waals surface area contributed by atoms with Crippen molar-refractivity contribution >= 4 is 21.4 Å². The Hall–Kier alpha value is -1.15. The molecule has 0 saturated heterocycles. The second-order valence-corrected chi connectivity index (χ2v) is 7.05. The summed E-state index contributed by atoms with van der Waals surface area (Å²) in [6.07, 6.45) is 3.05. The van der Waals surface area contributed by atoms with E-state index in [0.717, 1.165) is 11.1 Å². The molecule has 2 aromatic rings. The second-order valence-electron chi connectivity index (χ2n) is 3.87. The van der Waals surface area contributed by atoms with Gasteiger partial charge in [0.2, 0.25) is 0 Å². The molecule has 2 N–H and O–H groups in total. The third-order valence-corrected chi connectivity index (χ3v) is 5.78. The Balaban J connectivity index is 2.19. The first-order chi connectivity index (χ1) is 8.54. The van der Waals surface area contributed by atoms with Crippen LogP contribution in [0.25, 0.3) is 0 Å². The Morgan fingerprint density at radius 3 is 2.78 bits per heavy atom. The van der Waals surface area contributed by atoms with Crippen LogP contribution >= 0.6 is 11.3 Å². The fraction of sp³-hybridized carbons (Fsp3) is 0.273. The zero-order valence-electron chi connectivity index (χ0n) is 9.87. The van der Waals surface area contributed by atoms with E-state index in [0.29, 0.717) is 10.8 Å². The molecular formula is C11H14N2O3S2. The highest BCUT2D eigenvalue weighted by Gasteiger charge is 2.22. The normalized spacial score (nSPS) is 12.2. The summed E-state index contributed by atoms with van der Waals surface area (Å²) in [6.45, 7) is 0.631. The molecule has 0 saturated carbocycles. The van der Waals surface area contributed by atoms with Crippen LogP contribution in [0.15, 0.2) is 38.7 Å². The lowest BCUT2D eigenvalue weighted by Crippen LogP contribution is -2.25. The van der Waals surface area contributed by atoms with Gasteiger partial charge in [-0.15, -0.1) is 11.3 Å². The predicted octanol–water partition coefficient (Wildman–Crippen LogP) is 1.62. The van der Waals surface area contributed by atoms with Gasteiger partial charge < -0.3 is 10.2 Å². The maximum absolute atomic E-state index is 12.3. The van der Waals surface area contributed by atoms with Crippen molar-refractivity contribution in [3.63, 3.8) is 0 Å². The summed E-state index contributed by atoms with van der Waals surface area (Å²) >= 11 is 1.19. The lowest BCUT2D eigenvalue weighted by atomic mass is 10.3. The summed E-state index contributed by atoms with van der Waals surface area (Å²) in [4.78, 5) is 0. The number of thiophene rings is 1. The molecule has 0 atom stereocenters. The van der Waals surface area contributed by atoms with E-state index in [9.17, 15) is 8.42 Å². The monoisotopic (exact) mass is 286 g/mol. The van der Waals surface area contributed by atoms with Crippen LogP contribution < -0.4 is 5.73 Å². The van der Waals surface area contributed by atoms with Crippen molar-refractivity contribution < 1.29 is 12.8 Å². The van der Waals surface area contributed by atoms with E-state index in [1.807, 2.05) is 0 Å². The van der Waals surface area contributed by atoms with E-state index in [2.05, 4.69) is 0 Å². The van der Waals surface area contributed by atoms with Crippen LogP contribution in [0, 0.1) is 0 Å². The molecule has 0 aliphatic rings. The first-order valence-corrected chi connectivity index (χ1v) is 7.61. The van der Waals surface area contributed by atoms with Crippen LogP contribution in [0.1, 0.15) is 11.1 Å². The second kappa shape index (κ2) is 5.23. The van der Waals surface area contributed by atoms with Gasteiger partial charge in [-0.3, -0.25) is 0 Å². The Morgan fingerprint density at radius 2 is 2.22 bits per heavy atom. The smallest absolute Gasteiger partial charge is 0.252 e. The zero-order valence-corrected chi connectivity index (χ0v) is 11.5. The van der Waals surface area contributed by atoms with Gasteiger partial charge in [-0.2, -0.15) is 4.31 Å². The van der Waals surface area contributed by atoms with Crippen molar-refractivity contribution in [2.45, 2.75) is 17.3 Å². The molecule has 0 spiro atoms. The van der Waals surface area contributed by atoms with Gasteiger partial charge in [0.1, 0.15) is 4.21 Å². The number of nitrogens with two attached hydrogens (primary N) is 1. The number of rotatable bonds is 5. The third-order valence-electron chi connectivity index (χ3n) is 2.52. The van der Waals surface area contributed by atoms with E-state index in [1.54, 1.807) is 24.6 Å². The van der Waals surface area contributed by atoms with Crippen LogP contribution in [0.3, 0.4) is 0 Å². The van der Waals surface area contributed by atoms with E-state index in [1.165, 1.54) is 28.2 Å². The third kappa shape index (κ3) is 2.64. The maximum atomic E-state index is 12.3. The van der Waals surface area contributed by atoms with E-state index in [-0.39, 0.29) is 6.54 Å². The van der Waals surface area contributed by atoms with Crippen LogP contribution in [-0.4, -0.2) is 19.8 Å².